The van der Waals surface area contributed by atoms with E-state index in [0.717, 1.165) is 0 Å². The van der Waals surface area contributed by atoms with Gasteiger partial charge in [-0.25, -0.2) is 4.79 Å². The number of hydrogen-bond donors (Lipinski definition) is 0. The Balaban J connectivity index is 3.37. The molecule has 0 heterocycles. The summed E-state index contributed by atoms with van der Waals surface area (Å²) < 4.78 is 4.48. The minimum atomic E-state index is -0.637. The molecule has 0 aromatic heterocycles. The largest absolute Gasteiger partial charge is 0.373 e. The van der Waals surface area contributed by atoms with Crippen molar-refractivity contribution in [3.05, 3.63) is 0 Å². The van der Waals surface area contributed by atoms with Crippen molar-refractivity contribution < 1.29 is 24.3 Å². The van der Waals surface area contributed by atoms with Crippen LogP contribution in [0.4, 0.5) is 0 Å². The molecule has 0 radical (unpaired) electrons. The Morgan fingerprint density at radius 2 is 1.92 bits per heavy atom. The molecule has 0 N–H and O–H groups in total. The second kappa shape index (κ2) is 5.08. The summed E-state index contributed by atoms with van der Waals surface area (Å²) in [5.41, 5.74) is -0.507. The van der Waals surface area contributed by atoms with Crippen molar-refractivity contribution in [1.29, 1.82) is 0 Å². The van der Waals surface area contributed by atoms with Gasteiger partial charge in [0, 0.05) is 7.11 Å². The molecule has 0 aromatic carbocycles. The van der Waals surface area contributed by atoms with Crippen LogP contribution in [0.3, 0.4) is 0 Å². The molecule has 72 valence electrons. The van der Waals surface area contributed by atoms with Gasteiger partial charge in [0.2, 0.25) is 0 Å². The van der Waals surface area contributed by atoms with E-state index in [9.17, 15) is 4.79 Å². The van der Waals surface area contributed by atoms with E-state index < -0.39 is 11.6 Å². The normalized spacial score (nSPS) is 11.3. The lowest BCUT2D eigenvalue weighted by Gasteiger charge is -2.15. The summed E-state index contributed by atoms with van der Waals surface area (Å²) in [7, 11) is 1.38. The monoisotopic (exact) mass is 178 g/mol. The van der Waals surface area contributed by atoms with Crippen molar-refractivity contribution >= 4 is 5.97 Å². The van der Waals surface area contributed by atoms with Crippen LogP contribution in [0.1, 0.15) is 20.8 Å². The second-order valence-electron chi connectivity index (χ2n) is 3.15. The molecule has 5 nitrogen and oxygen atoms in total. The molecule has 0 unspecified atom stereocenters. The predicted molar refractivity (Wildman–Crippen MR) is 39.9 cm³/mol. The number of carbonyl (C=O) groups is 1. The molecule has 12 heavy (non-hydrogen) atoms. The molecule has 0 fully saturated rings. The highest BCUT2D eigenvalue weighted by molar-refractivity contribution is 5.69. The van der Waals surface area contributed by atoms with Crippen molar-refractivity contribution in [2.24, 2.45) is 0 Å². The first kappa shape index (κ1) is 11.4. The maximum Gasteiger partial charge on any atom is 0.370 e. The predicted octanol–water partition coefficient (Wildman–Crippen LogP) is 0.838. The fraction of sp³-hybridized carbons (Fsp3) is 0.857. The number of hydrogen-bond acceptors (Lipinski definition) is 5. The Labute approximate surface area is 71.4 Å². The van der Waals surface area contributed by atoms with E-state index in [2.05, 4.69) is 19.6 Å². The second-order valence-corrected chi connectivity index (χ2v) is 3.15. The number of rotatable bonds is 4. The van der Waals surface area contributed by atoms with Gasteiger partial charge in [0.05, 0.1) is 5.60 Å². The number of ether oxygens (including phenoxy) is 1. The molecule has 0 spiro atoms. The summed E-state index contributed by atoms with van der Waals surface area (Å²) in [6, 6.07) is 0. The molecule has 0 rings (SSSR count). The Morgan fingerprint density at radius 3 is 2.33 bits per heavy atom. The van der Waals surface area contributed by atoms with Crippen LogP contribution in [-0.2, 0) is 24.3 Å². The third-order valence-corrected chi connectivity index (χ3v) is 0.673. The molecule has 0 saturated heterocycles. The van der Waals surface area contributed by atoms with E-state index >= 15 is 0 Å². The van der Waals surface area contributed by atoms with E-state index in [1.165, 1.54) is 7.11 Å². The molecule has 5 heteroatoms. The highest BCUT2D eigenvalue weighted by Crippen LogP contribution is 2.06. The van der Waals surface area contributed by atoms with E-state index in [1.54, 1.807) is 20.8 Å². The van der Waals surface area contributed by atoms with Gasteiger partial charge < -0.3 is 4.74 Å². The molecule has 0 aliphatic heterocycles. The van der Waals surface area contributed by atoms with Gasteiger partial charge in [-0.15, -0.1) is 0 Å². The fourth-order valence-electron chi connectivity index (χ4n) is 0.299. The van der Waals surface area contributed by atoms with Crippen molar-refractivity contribution in [2.45, 2.75) is 26.4 Å². The van der Waals surface area contributed by atoms with Gasteiger partial charge in [-0.05, 0) is 25.8 Å². The Hall–Kier alpha value is -0.650. The average molecular weight is 178 g/mol. The zero-order chi connectivity index (χ0) is 9.61. The van der Waals surface area contributed by atoms with Crippen LogP contribution in [-0.4, -0.2) is 25.3 Å². The van der Waals surface area contributed by atoms with Crippen molar-refractivity contribution in [3.63, 3.8) is 0 Å². The lowest BCUT2D eigenvalue weighted by Crippen LogP contribution is -2.21. The highest BCUT2D eigenvalue weighted by atomic mass is 17.5. The molecule has 0 atom stereocenters. The van der Waals surface area contributed by atoms with Gasteiger partial charge in [0.1, 0.15) is 6.61 Å². The fourth-order valence-corrected chi connectivity index (χ4v) is 0.299. The van der Waals surface area contributed by atoms with Crippen LogP contribution in [0.2, 0.25) is 0 Å². The molecule has 0 amide bonds. The molecule has 0 aromatic rings. The zero-order valence-electron chi connectivity index (χ0n) is 7.75. The molecule has 0 aliphatic rings. The first-order chi connectivity index (χ1) is 5.45. The van der Waals surface area contributed by atoms with E-state index in [0.29, 0.717) is 0 Å². The summed E-state index contributed by atoms with van der Waals surface area (Å²) in [5.74, 6) is -0.637. The van der Waals surface area contributed by atoms with Crippen LogP contribution in [0, 0.1) is 0 Å². The smallest absolute Gasteiger partial charge is 0.370 e. The SMILES string of the molecule is COCC(=O)OOOC(C)(C)C. The van der Waals surface area contributed by atoms with Crippen molar-refractivity contribution in [1.82, 2.24) is 0 Å². The summed E-state index contributed by atoms with van der Waals surface area (Å²) in [6.07, 6.45) is 0. The molecule has 0 saturated carbocycles. The van der Waals surface area contributed by atoms with Gasteiger partial charge in [0.25, 0.3) is 0 Å². The van der Waals surface area contributed by atoms with Gasteiger partial charge in [-0.2, -0.15) is 4.89 Å². The Morgan fingerprint density at radius 1 is 1.33 bits per heavy atom. The quantitative estimate of drug-likeness (QED) is 0.471. The van der Waals surface area contributed by atoms with Crippen LogP contribution >= 0.6 is 0 Å². The van der Waals surface area contributed by atoms with E-state index in [1.807, 2.05) is 0 Å². The van der Waals surface area contributed by atoms with Crippen molar-refractivity contribution in [3.8, 4) is 0 Å². The average Bonchev–Trinajstić information content (AvgIpc) is 1.84. The van der Waals surface area contributed by atoms with Crippen molar-refractivity contribution in [2.75, 3.05) is 13.7 Å². The number of methoxy groups -OCH3 is 1. The maximum absolute atomic E-state index is 10.6. The first-order valence-corrected chi connectivity index (χ1v) is 3.50. The van der Waals surface area contributed by atoms with E-state index in [4.69, 9.17) is 0 Å². The lowest BCUT2D eigenvalue weighted by atomic mass is 10.2. The first-order valence-electron chi connectivity index (χ1n) is 3.50. The highest BCUT2D eigenvalue weighted by Gasteiger charge is 2.13. The Kier molecular flexibility index (Phi) is 4.80. The summed E-state index contributed by atoms with van der Waals surface area (Å²) in [6.45, 7) is 5.12. The summed E-state index contributed by atoms with van der Waals surface area (Å²) in [5, 5.41) is 4.18. The van der Waals surface area contributed by atoms with Gasteiger partial charge >= 0.3 is 5.97 Å². The van der Waals surface area contributed by atoms with Crippen LogP contribution in [0.25, 0.3) is 0 Å². The zero-order valence-corrected chi connectivity index (χ0v) is 7.75. The molecule has 0 bridgehead atoms. The molecule has 0 aliphatic carbocycles. The molecular weight excluding hydrogens is 164 g/mol. The van der Waals surface area contributed by atoms with Crippen LogP contribution < -0.4 is 0 Å². The van der Waals surface area contributed by atoms with Gasteiger partial charge in [-0.3, -0.25) is 4.89 Å². The van der Waals surface area contributed by atoms with Crippen LogP contribution in [0.5, 0.6) is 0 Å². The van der Waals surface area contributed by atoms with Gasteiger partial charge in [0.15, 0.2) is 0 Å². The third kappa shape index (κ3) is 7.46. The van der Waals surface area contributed by atoms with E-state index in [-0.39, 0.29) is 6.61 Å². The van der Waals surface area contributed by atoms with Gasteiger partial charge in [-0.1, -0.05) is 0 Å². The topological polar surface area (TPSA) is 54.0 Å². The summed E-state index contributed by atoms with van der Waals surface area (Å²) in [4.78, 5) is 19.4. The third-order valence-electron chi connectivity index (χ3n) is 0.673. The lowest BCUT2D eigenvalue weighted by molar-refractivity contribution is -0.514. The molecular formula is C7H14O5. The van der Waals surface area contributed by atoms with Crippen LogP contribution in [0.15, 0.2) is 0 Å². The maximum atomic E-state index is 10.6. The summed E-state index contributed by atoms with van der Waals surface area (Å²) >= 11 is 0. The number of carbonyl (C=O) groups excluding carboxylic acids is 1. The Bertz CT molecular complexity index is 137. The standard InChI is InChI=1S/C7H14O5/c1-7(2,3)11-12-10-6(8)5-9-4/h5H2,1-4H3. The minimum absolute atomic E-state index is 0.159. The minimum Gasteiger partial charge on any atom is -0.373 e.